The van der Waals surface area contributed by atoms with Crippen molar-refractivity contribution in [3.05, 3.63) is 35.9 Å². The molecule has 3 rings (SSSR count). The number of benzene rings is 1. The largest absolute Gasteiger partial charge is 0.341 e. The average molecular weight is 359 g/mol. The fraction of sp³-hybridized carbons (Fsp3) is 0.556. The molecule has 3 atom stereocenters. The van der Waals surface area contributed by atoms with E-state index in [0.29, 0.717) is 23.5 Å². The lowest BCUT2D eigenvalue weighted by Gasteiger charge is -2.36. The fourth-order valence-electron chi connectivity index (χ4n) is 3.44. The molecule has 3 unspecified atom stereocenters. The maximum Gasteiger partial charge on any atom is 0.235 e. The maximum absolute atomic E-state index is 12.8. The molecule has 6 nitrogen and oxygen atoms in total. The summed E-state index contributed by atoms with van der Waals surface area (Å²) in [4.78, 5) is 14.8. The minimum absolute atomic E-state index is 0.178. The Balaban J connectivity index is 1.64. The summed E-state index contributed by atoms with van der Waals surface area (Å²) in [5, 5.41) is 12.4. The molecule has 2 aromatic rings. The standard InChI is InChI=1S/C18H25N5OS/c1-13-9-14(2)11-22(10-13)17(24)15(3)25-18-19-20-21-23(18)12-16-7-5-4-6-8-16/h4-8,13-15H,9-12H2,1-3H3. The van der Waals surface area contributed by atoms with E-state index in [2.05, 4.69) is 29.4 Å². The highest BCUT2D eigenvalue weighted by Crippen LogP contribution is 2.26. The van der Waals surface area contributed by atoms with E-state index in [1.165, 1.54) is 18.2 Å². The summed E-state index contributed by atoms with van der Waals surface area (Å²) < 4.78 is 1.76. The maximum atomic E-state index is 12.8. The van der Waals surface area contributed by atoms with Crippen LogP contribution in [0.3, 0.4) is 0 Å². The highest BCUT2D eigenvalue weighted by Gasteiger charge is 2.29. The Kier molecular flexibility index (Phi) is 5.73. The van der Waals surface area contributed by atoms with E-state index in [0.717, 1.165) is 18.7 Å². The van der Waals surface area contributed by atoms with Crippen molar-refractivity contribution in [2.75, 3.05) is 13.1 Å². The average Bonchev–Trinajstić information content (AvgIpc) is 3.01. The number of likely N-dealkylation sites (tertiary alicyclic amines) is 1. The Morgan fingerprint density at radius 3 is 2.60 bits per heavy atom. The third kappa shape index (κ3) is 4.60. The van der Waals surface area contributed by atoms with Crippen LogP contribution in [0.25, 0.3) is 0 Å². The van der Waals surface area contributed by atoms with Gasteiger partial charge in [0, 0.05) is 13.1 Å². The van der Waals surface area contributed by atoms with Crippen molar-refractivity contribution in [3.63, 3.8) is 0 Å². The lowest BCUT2D eigenvalue weighted by atomic mass is 9.92. The van der Waals surface area contributed by atoms with E-state index in [4.69, 9.17) is 0 Å². The third-order valence-corrected chi connectivity index (χ3v) is 5.54. The third-order valence-electron chi connectivity index (χ3n) is 4.48. The Hall–Kier alpha value is -1.89. The summed E-state index contributed by atoms with van der Waals surface area (Å²) >= 11 is 1.44. The molecule has 0 N–H and O–H groups in total. The van der Waals surface area contributed by atoms with Crippen LogP contribution in [-0.4, -0.2) is 49.4 Å². The number of piperidine rings is 1. The van der Waals surface area contributed by atoms with E-state index >= 15 is 0 Å². The molecule has 134 valence electrons. The summed E-state index contributed by atoms with van der Waals surface area (Å²) in [6.07, 6.45) is 1.20. The molecule has 1 amide bonds. The van der Waals surface area contributed by atoms with Gasteiger partial charge in [-0.2, -0.15) is 0 Å². The number of nitrogens with zero attached hydrogens (tertiary/aromatic N) is 5. The Bertz CT molecular complexity index is 695. The molecule has 1 saturated heterocycles. The summed E-state index contributed by atoms with van der Waals surface area (Å²) in [7, 11) is 0. The van der Waals surface area contributed by atoms with E-state index in [-0.39, 0.29) is 11.2 Å². The lowest BCUT2D eigenvalue weighted by Crippen LogP contribution is -2.45. The van der Waals surface area contributed by atoms with Crippen molar-refractivity contribution in [3.8, 4) is 0 Å². The molecule has 0 bridgehead atoms. The van der Waals surface area contributed by atoms with Gasteiger partial charge in [0.15, 0.2) is 0 Å². The molecule has 1 aliphatic heterocycles. The minimum atomic E-state index is -0.196. The zero-order valence-corrected chi connectivity index (χ0v) is 15.8. The van der Waals surface area contributed by atoms with Gasteiger partial charge in [-0.15, -0.1) is 5.10 Å². The van der Waals surface area contributed by atoms with Crippen LogP contribution < -0.4 is 0 Å². The van der Waals surface area contributed by atoms with Gasteiger partial charge in [0.05, 0.1) is 11.8 Å². The zero-order valence-electron chi connectivity index (χ0n) is 15.0. The molecule has 0 spiro atoms. The number of thioether (sulfide) groups is 1. The highest BCUT2D eigenvalue weighted by molar-refractivity contribution is 8.00. The fourth-order valence-corrected chi connectivity index (χ4v) is 4.32. The molecule has 1 aliphatic rings. The van der Waals surface area contributed by atoms with Crippen LogP contribution in [-0.2, 0) is 11.3 Å². The van der Waals surface area contributed by atoms with E-state index in [1.54, 1.807) is 4.68 Å². The smallest absolute Gasteiger partial charge is 0.235 e. The van der Waals surface area contributed by atoms with Crippen molar-refractivity contribution in [2.45, 2.75) is 44.1 Å². The molecule has 25 heavy (non-hydrogen) atoms. The van der Waals surface area contributed by atoms with Crippen LogP contribution >= 0.6 is 11.8 Å². The predicted molar refractivity (Wildman–Crippen MR) is 98.2 cm³/mol. The summed E-state index contributed by atoms with van der Waals surface area (Å²) in [6.45, 7) is 8.68. The Labute approximate surface area is 153 Å². The van der Waals surface area contributed by atoms with E-state index in [1.807, 2.05) is 42.2 Å². The number of hydrogen-bond acceptors (Lipinski definition) is 5. The van der Waals surface area contributed by atoms with Crippen molar-refractivity contribution in [1.82, 2.24) is 25.1 Å². The summed E-state index contributed by atoms with van der Waals surface area (Å²) in [5.41, 5.74) is 1.13. The monoisotopic (exact) mass is 359 g/mol. The van der Waals surface area contributed by atoms with E-state index < -0.39 is 0 Å². The highest BCUT2D eigenvalue weighted by atomic mass is 32.2. The molecule has 7 heteroatoms. The molecule has 1 fully saturated rings. The molecule has 0 saturated carbocycles. The molecule has 2 heterocycles. The SMILES string of the molecule is CC1CC(C)CN(C(=O)C(C)Sc2nnnn2Cc2ccccc2)C1. The van der Waals surface area contributed by atoms with Gasteiger partial charge in [0.25, 0.3) is 0 Å². The first kappa shape index (κ1) is 17.9. The topological polar surface area (TPSA) is 63.9 Å². The van der Waals surface area contributed by atoms with Crippen molar-refractivity contribution >= 4 is 17.7 Å². The van der Waals surface area contributed by atoms with Gasteiger partial charge in [0.1, 0.15) is 0 Å². The van der Waals surface area contributed by atoms with Gasteiger partial charge in [-0.3, -0.25) is 4.79 Å². The second-order valence-corrected chi connectivity index (χ2v) is 8.36. The Morgan fingerprint density at radius 2 is 1.92 bits per heavy atom. The van der Waals surface area contributed by atoms with Gasteiger partial charge >= 0.3 is 0 Å². The summed E-state index contributed by atoms with van der Waals surface area (Å²) in [6, 6.07) is 10.1. The number of carbonyl (C=O) groups is 1. The predicted octanol–water partition coefficient (Wildman–Crippen LogP) is 2.71. The van der Waals surface area contributed by atoms with Crippen molar-refractivity contribution in [2.24, 2.45) is 11.8 Å². The van der Waals surface area contributed by atoms with Crippen LogP contribution in [0.1, 0.15) is 32.8 Å². The van der Waals surface area contributed by atoms with Gasteiger partial charge in [-0.25, -0.2) is 4.68 Å². The first-order valence-electron chi connectivity index (χ1n) is 8.78. The normalized spacial score (nSPS) is 22.0. The first-order chi connectivity index (χ1) is 12.0. The minimum Gasteiger partial charge on any atom is -0.341 e. The van der Waals surface area contributed by atoms with Crippen LogP contribution in [0.5, 0.6) is 0 Å². The van der Waals surface area contributed by atoms with Crippen LogP contribution in [0.15, 0.2) is 35.5 Å². The van der Waals surface area contributed by atoms with Gasteiger partial charge in [-0.05, 0) is 41.2 Å². The Morgan fingerprint density at radius 1 is 1.24 bits per heavy atom. The molecule has 0 radical (unpaired) electrons. The quantitative estimate of drug-likeness (QED) is 0.768. The van der Waals surface area contributed by atoms with E-state index in [9.17, 15) is 4.79 Å². The second-order valence-electron chi connectivity index (χ2n) is 7.05. The molecule has 1 aromatic heterocycles. The number of hydrogen-bond donors (Lipinski definition) is 0. The number of tetrazole rings is 1. The molecular weight excluding hydrogens is 334 g/mol. The van der Waals surface area contributed by atoms with Gasteiger partial charge in [-0.1, -0.05) is 55.9 Å². The van der Waals surface area contributed by atoms with Gasteiger partial charge < -0.3 is 4.90 Å². The number of rotatable bonds is 5. The van der Waals surface area contributed by atoms with Crippen LogP contribution in [0, 0.1) is 11.8 Å². The lowest BCUT2D eigenvalue weighted by molar-refractivity contribution is -0.132. The molecular formula is C18H25N5OS. The first-order valence-corrected chi connectivity index (χ1v) is 9.66. The number of aromatic nitrogens is 4. The number of carbonyl (C=O) groups excluding carboxylic acids is 1. The van der Waals surface area contributed by atoms with Crippen molar-refractivity contribution < 1.29 is 4.79 Å². The zero-order chi connectivity index (χ0) is 17.8. The van der Waals surface area contributed by atoms with Gasteiger partial charge in [0.2, 0.25) is 11.1 Å². The van der Waals surface area contributed by atoms with Crippen LogP contribution in [0.2, 0.25) is 0 Å². The van der Waals surface area contributed by atoms with Crippen molar-refractivity contribution in [1.29, 1.82) is 0 Å². The second kappa shape index (κ2) is 7.99. The van der Waals surface area contributed by atoms with Crippen LogP contribution in [0.4, 0.5) is 0 Å². The molecule has 0 aliphatic carbocycles. The molecule has 1 aromatic carbocycles. The number of amides is 1. The summed E-state index contributed by atoms with van der Waals surface area (Å²) in [5.74, 6) is 1.30.